The lowest BCUT2D eigenvalue weighted by molar-refractivity contribution is -0.119. The van der Waals surface area contributed by atoms with E-state index in [2.05, 4.69) is 15.7 Å². The highest BCUT2D eigenvalue weighted by molar-refractivity contribution is 5.93. The van der Waals surface area contributed by atoms with E-state index in [1.807, 2.05) is 64.5 Å². The van der Waals surface area contributed by atoms with E-state index in [9.17, 15) is 4.79 Å². The minimum atomic E-state index is -0.239. The summed E-state index contributed by atoms with van der Waals surface area (Å²) in [6, 6.07) is 7.51. The summed E-state index contributed by atoms with van der Waals surface area (Å²) in [6.07, 6.45) is 3.83. The summed E-state index contributed by atoms with van der Waals surface area (Å²) in [7, 11) is 1.89. The standard InChI is InChI=1S/C19H26N4O2.ClH/c1-19(2,3)25-15-7-5-14(6-8-15)22-18(24)17-11-20-10-16(17)13-9-21-23(4)12-13;/h5-9,12,16-17,20H,10-11H2,1-4H3,(H,22,24);1H/t16-,17+;/m1./s1. The number of hydrogen-bond acceptors (Lipinski definition) is 4. The Hall–Kier alpha value is -2.05. The molecular weight excluding hydrogens is 352 g/mol. The minimum absolute atomic E-state index is 0. The number of nitrogens with zero attached hydrogens (tertiary/aromatic N) is 2. The molecule has 1 aromatic carbocycles. The van der Waals surface area contributed by atoms with Crippen molar-refractivity contribution >= 4 is 24.0 Å². The lowest BCUT2D eigenvalue weighted by Crippen LogP contribution is -2.28. The molecule has 1 aliphatic heterocycles. The van der Waals surface area contributed by atoms with E-state index in [0.717, 1.165) is 23.5 Å². The fraction of sp³-hybridized carbons (Fsp3) is 0.474. The molecule has 0 unspecified atom stereocenters. The van der Waals surface area contributed by atoms with Gasteiger partial charge >= 0.3 is 0 Å². The first-order chi connectivity index (χ1) is 11.8. The van der Waals surface area contributed by atoms with Gasteiger partial charge in [-0.2, -0.15) is 5.10 Å². The van der Waals surface area contributed by atoms with Gasteiger partial charge in [-0.05, 0) is 50.6 Å². The first-order valence-corrected chi connectivity index (χ1v) is 8.61. The average molecular weight is 379 g/mol. The van der Waals surface area contributed by atoms with Gasteiger partial charge in [0.1, 0.15) is 11.4 Å². The maximum atomic E-state index is 12.7. The Labute approximate surface area is 160 Å². The number of carbonyl (C=O) groups is 1. The molecule has 2 N–H and O–H groups in total. The summed E-state index contributed by atoms with van der Waals surface area (Å²) in [5.41, 5.74) is 1.64. The molecule has 7 heteroatoms. The van der Waals surface area contributed by atoms with Gasteiger partial charge < -0.3 is 15.4 Å². The minimum Gasteiger partial charge on any atom is -0.488 e. The van der Waals surface area contributed by atoms with E-state index in [0.29, 0.717) is 6.54 Å². The molecule has 0 saturated carbocycles. The normalized spacial score (nSPS) is 19.7. The molecular formula is C19H27ClN4O2. The molecule has 142 valence electrons. The van der Waals surface area contributed by atoms with Crippen molar-refractivity contribution in [3.05, 3.63) is 42.2 Å². The van der Waals surface area contributed by atoms with Crippen LogP contribution in [-0.2, 0) is 11.8 Å². The van der Waals surface area contributed by atoms with E-state index < -0.39 is 0 Å². The van der Waals surface area contributed by atoms with Crippen LogP contribution in [0.5, 0.6) is 5.75 Å². The second-order valence-corrected chi connectivity index (χ2v) is 7.55. The fourth-order valence-corrected chi connectivity index (χ4v) is 3.13. The Kier molecular flexibility index (Phi) is 6.31. The first-order valence-electron chi connectivity index (χ1n) is 8.61. The van der Waals surface area contributed by atoms with Gasteiger partial charge in [-0.1, -0.05) is 0 Å². The van der Waals surface area contributed by atoms with Crippen LogP contribution in [0.3, 0.4) is 0 Å². The van der Waals surface area contributed by atoms with Crippen LogP contribution in [0.25, 0.3) is 0 Å². The summed E-state index contributed by atoms with van der Waals surface area (Å²) in [5.74, 6) is 0.872. The molecule has 2 aromatic rings. The van der Waals surface area contributed by atoms with Crippen LogP contribution in [0.1, 0.15) is 32.3 Å². The number of hydrogen-bond donors (Lipinski definition) is 2. The van der Waals surface area contributed by atoms with Gasteiger partial charge in [-0.25, -0.2) is 0 Å². The maximum absolute atomic E-state index is 12.7. The van der Waals surface area contributed by atoms with Crippen LogP contribution >= 0.6 is 12.4 Å². The van der Waals surface area contributed by atoms with Crippen LogP contribution in [0.15, 0.2) is 36.7 Å². The fourth-order valence-electron chi connectivity index (χ4n) is 3.13. The molecule has 2 heterocycles. The molecule has 1 amide bonds. The van der Waals surface area contributed by atoms with Gasteiger partial charge in [0.05, 0.1) is 12.1 Å². The molecule has 0 spiro atoms. The number of aryl methyl sites for hydroxylation is 1. The van der Waals surface area contributed by atoms with Crippen molar-refractivity contribution in [3.63, 3.8) is 0 Å². The molecule has 0 bridgehead atoms. The van der Waals surface area contributed by atoms with Crippen LogP contribution < -0.4 is 15.4 Å². The van der Waals surface area contributed by atoms with Crippen LogP contribution in [0.2, 0.25) is 0 Å². The van der Waals surface area contributed by atoms with Crippen LogP contribution in [0, 0.1) is 5.92 Å². The molecule has 0 radical (unpaired) electrons. The Morgan fingerprint density at radius 3 is 2.54 bits per heavy atom. The molecule has 26 heavy (non-hydrogen) atoms. The molecule has 1 saturated heterocycles. The predicted octanol–water partition coefficient (Wildman–Crippen LogP) is 2.96. The lowest BCUT2D eigenvalue weighted by Gasteiger charge is -2.21. The highest BCUT2D eigenvalue weighted by atomic mass is 35.5. The summed E-state index contributed by atoms with van der Waals surface area (Å²) in [5, 5.41) is 10.6. The van der Waals surface area contributed by atoms with Gasteiger partial charge in [0, 0.05) is 37.9 Å². The molecule has 1 aliphatic rings. The van der Waals surface area contributed by atoms with Crippen molar-refractivity contribution in [2.75, 3.05) is 18.4 Å². The number of carbonyl (C=O) groups excluding carboxylic acids is 1. The number of aromatic nitrogens is 2. The summed E-state index contributed by atoms with van der Waals surface area (Å²) >= 11 is 0. The van der Waals surface area contributed by atoms with Crippen molar-refractivity contribution in [2.45, 2.75) is 32.3 Å². The summed E-state index contributed by atoms with van der Waals surface area (Å²) < 4.78 is 7.58. The van der Waals surface area contributed by atoms with Crippen molar-refractivity contribution in [1.82, 2.24) is 15.1 Å². The number of ether oxygens (including phenoxy) is 1. The maximum Gasteiger partial charge on any atom is 0.229 e. The van der Waals surface area contributed by atoms with Gasteiger partial charge in [0.15, 0.2) is 0 Å². The molecule has 2 atom stereocenters. The lowest BCUT2D eigenvalue weighted by atomic mass is 9.90. The average Bonchev–Trinajstić information content (AvgIpc) is 3.16. The second kappa shape index (κ2) is 8.10. The Bertz CT molecular complexity index is 737. The molecule has 1 fully saturated rings. The Morgan fingerprint density at radius 2 is 1.96 bits per heavy atom. The van der Waals surface area contributed by atoms with Crippen LogP contribution in [0.4, 0.5) is 5.69 Å². The summed E-state index contributed by atoms with van der Waals surface area (Å²) in [4.78, 5) is 12.7. The largest absolute Gasteiger partial charge is 0.488 e. The van der Waals surface area contributed by atoms with Gasteiger partial charge in [-0.3, -0.25) is 9.48 Å². The van der Waals surface area contributed by atoms with Crippen molar-refractivity contribution in [3.8, 4) is 5.75 Å². The van der Waals surface area contributed by atoms with Crippen LogP contribution in [-0.4, -0.2) is 34.4 Å². The number of anilines is 1. The zero-order valence-corrected chi connectivity index (χ0v) is 16.5. The Morgan fingerprint density at radius 1 is 1.27 bits per heavy atom. The second-order valence-electron chi connectivity index (χ2n) is 7.55. The van der Waals surface area contributed by atoms with Crippen molar-refractivity contribution in [1.29, 1.82) is 0 Å². The number of benzene rings is 1. The monoisotopic (exact) mass is 378 g/mol. The third-order valence-corrected chi connectivity index (χ3v) is 4.25. The predicted molar refractivity (Wildman–Crippen MR) is 105 cm³/mol. The quantitative estimate of drug-likeness (QED) is 0.858. The van der Waals surface area contributed by atoms with E-state index in [1.54, 1.807) is 4.68 Å². The van der Waals surface area contributed by atoms with Gasteiger partial charge in [0.2, 0.25) is 5.91 Å². The molecule has 0 aliphatic carbocycles. The Balaban J connectivity index is 0.00000243. The first kappa shape index (κ1) is 20.3. The molecule has 1 aromatic heterocycles. The third kappa shape index (κ3) is 4.99. The van der Waals surface area contributed by atoms with E-state index >= 15 is 0 Å². The number of rotatable bonds is 4. The van der Waals surface area contributed by atoms with Crippen molar-refractivity contribution < 1.29 is 9.53 Å². The zero-order valence-electron chi connectivity index (χ0n) is 15.7. The van der Waals surface area contributed by atoms with Crippen molar-refractivity contribution in [2.24, 2.45) is 13.0 Å². The zero-order chi connectivity index (χ0) is 18.0. The number of nitrogens with one attached hydrogen (secondary N) is 2. The van der Waals surface area contributed by atoms with Gasteiger partial charge in [0.25, 0.3) is 0 Å². The number of amides is 1. The summed E-state index contributed by atoms with van der Waals surface area (Å²) in [6.45, 7) is 7.50. The third-order valence-electron chi connectivity index (χ3n) is 4.25. The van der Waals surface area contributed by atoms with Gasteiger partial charge in [-0.15, -0.1) is 12.4 Å². The van der Waals surface area contributed by atoms with E-state index in [-0.39, 0.29) is 35.8 Å². The topological polar surface area (TPSA) is 68.2 Å². The number of halogens is 1. The molecule has 6 nitrogen and oxygen atoms in total. The highest BCUT2D eigenvalue weighted by Gasteiger charge is 2.34. The highest BCUT2D eigenvalue weighted by Crippen LogP contribution is 2.29. The SMILES string of the molecule is Cl.Cn1cc([C@H]2CNC[C@@H]2C(=O)Nc2ccc(OC(C)(C)C)cc2)cn1. The van der Waals surface area contributed by atoms with E-state index in [4.69, 9.17) is 4.74 Å². The smallest absolute Gasteiger partial charge is 0.229 e. The molecule has 3 rings (SSSR count). The van der Waals surface area contributed by atoms with E-state index in [1.165, 1.54) is 0 Å².